The topological polar surface area (TPSA) is 84.2 Å². The molecule has 2 amide bonds. The highest BCUT2D eigenvalue weighted by Crippen LogP contribution is 2.16. The zero-order chi connectivity index (χ0) is 13.1. The number of benzene rings is 1. The molecule has 2 rings (SSSR count). The molecular weight excluding hydrogens is 254 g/mol. The van der Waals surface area contributed by atoms with E-state index in [1.165, 1.54) is 0 Å². The summed E-state index contributed by atoms with van der Waals surface area (Å²) in [5.74, 6) is -0.216. The number of anilines is 1. The van der Waals surface area contributed by atoms with Crippen molar-refractivity contribution in [1.29, 1.82) is 0 Å². The van der Waals surface area contributed by atoms with E-state index in [0.717, 1.165) is 6.42 Å². The van der Waals surface area contributed by atoms with Gasteiger partial charge in [-0.05, 0) is 24.6 Å². The van der Waals surface area contributed by atoms with Crippen molar-refractivity contribution in [3.05, 3.63) is 28.8 Å². The van der Waals surface area contributed by atoms with Gasteiger partial charge in [-0.3, -0.25) is 9.59 Å². The molecule has 1 aliphatic rings. The van der Waals surface area contributed by atoms with E-state index in [4.69, 9.17) is 17.3 Å². The minimum absolute atomic E-state index is 0.0120. The molecular formula is C12H14ClN3O2. The van der Waals surface area contributed by atoms with E-state index in [-0.39, 0.29) is 17.9 Å². The van der Waals surface area contributed by atoms with Gasteiger partial charge in [0.2, 0.25) is 5.91 Å². The van der Waals surface area contributed by atoms with Crippen LogP contribution in [0.3, 0.4) is 0 Å². The van der Waals surface area contributed by atoms with E-state index in [1.54, 1.807) is 18.2 Å². The van der Waals surface area contributed by atoms with Gasteiger partial charge in [-0.1, -0.05) is 11.6 Å². The van der Waals surface area contributed by atoms with Gasteiger partial charge in [0.1, 0.15) is 0 Å². The molecule has 5 nitrogen and oxygen atoms in total. The average Bonchev–Trinajstić information content (AvgIpc) is 2.70. The van der Waals surface area contributed by atoms with E-state index in [1.807, 2.05) is 0 Å². The predicted octanol–water partition coefficient (Wildman–Crippen LogP) is 0.931. The van der Waals surface area contributed by atoms with Crippen molar-refractivity contribution < 1.29 is 9.59 Å². The first-order valence-corrected chi connectivity index (χ1v) is 6.06. The smallest absolute Gasteiger partial charge is 0.251 e. The highest BCUT2D eigenvalue weighted by molar-refractivity contribution is 6.31. The molecule has 1 saturated heterocycles. The lowest BCUT2D eigenvalue weighted by Gasteiger charge is -2.11. The van der Waals surface area contributed by atoms with Crippen molar-refractivity contribution in [2.24, 2.45) is 0 Å². The number of nitrogens with one attached hydrogen (secondary N) is 2. The Hall–Kier alpha value is -1.75. The van der Waals surface area contributed by atoms with Gasteiger partial charge in [-0.25, -0.2) is 0 Å². The molecule has 4 N–H and O–H groups in total. The van der Waals surface area contributed by atoms with Crippen LogP contribution in [0.5, 0.6) is 0 Å². The largest absolute Gasteiger partial charge is 0.399 e. The number of nitrogen functional groups attached to an aromatic ring is 1. The van der Waals surface area contributed by atoms with Gasteiger partial charge in [-0.15, -0.1) is 0 Å². The van der Waals surface area contributed by atoms with Crippen molar-refractivity contribution in [3.63, 3.8) is 0 Å². The first-order chi connectivity index (χ1) is 8.54. The van der Waals surface area contributed by atoms with Crippen LogP contribution in [0, 0.1) is 0 Å². The van der Waals surface area contributed by atoms with Crippen LogP contribution in [0.2, 0.25) is 5.02 Å². The molecule has 0 bridgehead atoms. The molecule has 0 aliphatic carbocycles. The summed E-state index contributed by atoms with van der Waals surface area (Å²) in [6, 6.07) is 4.71. The fourth-order valence-electron chi connectivity index (χ4n) is 1.89. The third-order valence-electron chi connectivity index (χ3n) is 2.78. The van der Waals surface area contributed by atoms with Crippen LogP contribution in [0.1, 0.15) is 23.2 Å². The number of nitrogens with two attached hydrogens (primary N) is 1. The van der Waals surface area contributed by atoms with Gasteiger partial charge < -0.3 is 16.4 Å². The highest BCUT2D eigenvalue weighted by Gasteiger charge is 2.21. The Bertz CT molecular complexity index is 470. The minimum Gasteiger partial charge on any atom is -0.399 e. The van der Waals surface area contributed by atoms with Crippen LogP contribution in [0.15, 0.2) is 18.2 Å². The maximum Gasteiger partial charge on any atom is 0.251 e. The summed E-state index contributed by atoms with van der Waals surface area (Å²) in [6.45, 7) is 0.414. The summed E-state index contributed by atoms with van der Waals surface area (Å²) >= 11 is 5.82. The summed E-state index contributed by atoms with van der Waals surface area (Å²) in [5.41, 5.74) is 6.48. The predicted molar refractivity (Wildman–Crippen MR) is 69.4 cm³/mol. The molecule has 96 valence electrons. The first-order valence-electron chi connectivity index (χ1n) is 5.68. The fourth-order valence-corrected chi connectivity index (χ4v) is 2.14. The third-order valence-corrected chi connectivity index (χ3v) is 2.99. The van der Waals surface area contributed by atoms with Crippen molar-refractivity contribution in [1.82, 2.24) is 10.6 Å². The Morgan fingerprint density at radius 1 is 1.50 bits per heavy atom. The van der Waals surface area contributed by atoms with Crippen LogP contribution >= 0.6 is 11.6 Å². The maximum atomic E-state index is 11.8. The maximum absolute atomic E-state index is 11.8. The standard InChI is InChI=1S/C12H14ClN3O2/c13-8-3-7(4-9(14)5-8)12(18)15-6-10-1-2-11(17)16-10/h3-5,10H,1-2,6,14H2,(H,15,18)(H,16,17). The molecule has 1 aromatic rings. The van der Waals surface area contributed by atoms with E-state index in [2.05, 4.69) is 10.6 Å². The lowest BCUT2D eigenvalue weighted by molar-refractivity contribution is -0.119. The molecule has 0 spiro atoms. The van der Waals surface area contributed by atoms with Crippen LogP contribution in [-0.4, -0.2) is 24.4 Å². The molecule has 0 saturated carbocycles. The van der Waals surface area contributed by atoms with Gasteiger partial charge in [0.05, 0.1) is 0 Å². The average molecular weight is 268 g/mol. The Balaban J connectivity index is 1.93. The van der Waals surface area contributed by atoms with Gasteiger partial charge in [0.25, 0.3) is 5.91 Å². The number of amides is 2. The Morgan fingerprint density at radius 3 is 2.89 bits per heavy atom. The van der Waals surface area contributed by atoms with E-state index in [9.17, 15) is 9.59 Å². The van der Waals surface area contributed by atoms with E-state index >= 15 is 0 Å². The number of rotatable bonds is 3. The van der Waals surface area contributed by atoms with Crippen LogP contribution in [-0.2, 0) is 4.79 Å². The highest BCUT2D eigenvalue weighted by atomic mass is 35.5. The second kappa shape index (κ2) is 5.27. The fraction of sp³-hybridized carbons (Fsp3) is 0.333. The van der Waals surface area contributed by atoms with E-state index in [0.29, 0.717) is 29.2 Å². The SMILES string of the molecule is Nc1cc(Cl)cc(C(=O)NCC2CCC(=O)N2)c1. The lowest BCUT2D eigenvalue weighted by Crippen LogP contribution is -2.38. The molecule has 6 heteroatoms. The number of hydrogen-bond acceptors (Lipinski definition) is 3. The molecule has 1 fully saturated rings. The van der Waals surface area contributed by atoms with Gasteiger partial charge in [0.15, 0.2) is 0 Å². The zero-order valence-electron chi connectivity index (χ0n) is 9.70. The van der Waals surface area contributed by atoms with E-state index < -0.39 is 0 Å². The normalized spacial score (nSPS) is 18.5. The summed E-state index contributed by atoms with van der Waals surface area (Å²) in [6.07, 6.45) is 1.27. The zero-order valence-corrected chi connectivity index (χ0v) is 10.5. The Kier molecular flexibility index (Phi) is 3.72. The second-order valence-electron chi connectivity index (χ2n) is 4.29. The summed E-state index contributed by atoms with van der Waals surface area (Å²) in [4.78, 5) is 22.8. The molecule has 0 radical (unpaired) electrons. The number of carbonyl (C=O) groups excluding carboxylic acids is 2. The van der Waals surface area contributed by atoms with Crippen molar-refractivity contribution in [2.75, 3.05) is 12.3 Å². The van der Waals surface area contributed by atoms with Gasteiger partial charge in [0, 0.05) is 35.3 Å². The minimum atomic E-state index is -0.245. The Morgan fingerprint density at radius 2 is 2.28 bits per heavy atom. The summed E-state index contributed by atoms with van der Waals surface area (Å²) < 4.78 is 0. The second-order valence-corrected chi connectivity index (χ2v) is 4.72. The molecule has 0 aromatic heterocycles. The Labute approximate surface area is 110 Å². The van der Waals surface area contributed by atoms with Crippen molar-refractivity contribution in [3.8, 4) is 0 Å². The number of hydrogen-bond donors (Lipinski definition) is 3. The molecule has 1 aromatic carbocycles. The molecule has 18 heavy (non-hydrogen) atoms. The van der Waals surface area contributed by atoms with Crippen molar-refractivity contribution in [2.45, 2.75) is 18.9 Å². The van der Waals surface area contributed by atoms with Crippen molar-refractivity contribution >= 4 is 29.1 Å². The van der Waals surface area contributed by atoms with Gasteiger partial charge >= 0.3 is 0 Å². The lowest BCUT2D eigenvalue weighted by atomic mass is 10.1. The van der Waals surface area contributed by atoms with Crippen LogP contribution in [0.25, 0.3) is 0 Å². The monoisotopic (exact) mass is 267 g/mol. The van der Waals surface area contributed by atoms with Crippen LogP contribution < -0.4 is 16.4 Å². The number of carbonyl (C=O) groups is 2. The summed E-state index contributed by atoms with van der Waals surface area (Å²) in [5, 5.41) is 5.95. The molecule has 1 aliphatic heterocycles. The molecule has 1 atom stereocenters. The quantitative estimate of drug-likeness (QED) is 0.713. The molecule has 1 unspecified atom stereocenters. The third kappa shape index (κ3) is 3.13. The molecule has 1 heterocycles. The van der Waals surface area contributed by atoms with Crippen LogP contribution in [0.4, 0.5) is 5.69 Å². The summed E-state index contributed by atoms with van der Waals surface area (Å²) in [7, 11) is 0. The van der Waals surface area contributed by atoms with Gasteiger partial charge in [-0.2, -0.15) is 0 Å². The number of halogens is 1. The first kappa shape index (κ1) is 12.7.